The highest BCUT2D eigenvalue weighted by Gasteiger charge is 2.27. The van der Waals surface area contributed by atoms with Crippen LogP contribution in [0.3, 0.4) is 0 Å². The number of rotatable bonds is 13. The summed E-state index contributed by atoms with van der Waals surface area (Å²) in [6.07, 6.45) is -0.829. The molecule has 0 aliphatic rings. The molecule has 1 atom stereocenters. The van der Waals surface area contributed by atoms with Crippen LogP contribution in [0.2, 0.25) is 0 Å². The van der Waals surface area contributed by atoms with E-state index >= 15 is 0 Å². The first kappa shape index (κ1) is 23.1. The van der Waals surface area contributed by atoms with Crippen LogP contribution in [0.25, 0.3) is 0 Å². The fraction of sp³-hybridized carbons (Fsp3) is 0.350. The van der Waals surface area contributed by atoms with E-state index < -0.39 is 13.7 Å². The second-order valence-corrected chi connectivity index (χ2v) is 8.71. The van der Waals surface area contributed by atoms with Crippen molar-refractivity contribution in [2.24, 2.45) is 0 Å². The van der Waals surface area contributed by atoms with E-state index in [1.165, 1.54) is 0 Å². The molecule has 0 saturated heterocycles. The summed E-state index contributed by atoms with van der Waals surface area (Å²) in [6.45, 7) is 0.193. The van der Waals surface area contributed by atoms with Crippen molar-refractivity contribution in [2.45, 2.75) is 6.10 Å². The maximum Gasteiger partial charge on any atom is 0.333 e. The molecular weight excluding hydrogens is 422 g/mol. The van der Waals surface area contributed by atoms with E-state index in [9.17, 15) is 9.36 Å². The molecule has 0 bridgehead atoms. The Morgan fingerprint density at radius 3 is 1.93 bits per heavy atom. The first-order valence-corrected chi connectivity index (χ1v) is 11.6. The van der Waals surface area contributed by atoms with Gasteiger partial charge in [-0.05, 0) is 5.56 Å². The summed E-state index contributed by atoms with van der Waals surface area (Å²) in [5.41, 5.74) is 1.26. The molecule has 0 N–H and O–H groups in total. The zero-order valence-electron chi connectivity index (χ0n) is 15.3. The van der Waals surface area contributed by atoms with E-state index in [1.807, 2.05) is 36.4 Å². The van der Waals surface area contributed by atoms with Crippen molar-refractivity contribution in [2.75, 3.05) is 37.7 Å². The molecule has 2 aromatic rings. The predicted molar refractivity (Wildman–Crippen MR) is 112 cm³/mol. The van der Waals surface area contributed by atoms with Gasteiger partial charge in [-0.2, -0.15) is 0 Å². The Bertz CT molecular complexity index is 746. The van der Waals surface area contributed by atoms with E-state index in [0.717, 1.165) is 5.56 Å². The molecule has 0 saturated carbocycles. The molecule has 0 spiro atoms. The monoisotopic (exact) mass is 444 g/mol. The molecule has 0 radical (unpaired) electrons. The van der Waals surface area contributed by atoms with Crippen molar-refractivity contribution in [1.82, 2.24) is 0 Å². The van der Waals surface area contributed by atoms with Crippen molar-refractivity contribution >= 4 is 36.6 Å². The third kappa shape index (κ3) is 7.32. The molecule has 152 valence electrons. The second-order valence-electron chi connectivity index (χ2n) is 5.77. The van der Waals surface area contributed by atoms with Crippen LogP contribution >= 0.6 is 30.8 Å². The maximum absolute atomic E-state index is 13.0. The summed E-state index contributed by atoms with van der Waals surface area (Å²) in [5.74, 6) is 0.201. The van der Waals surface area contributed by atoms with Gasteiger partial charge in [0.15, 0.2) is 5.78 Å². The number of alkyl halides is 2. The summed E-state index contributed by atoms with van der Waals surface area (Å²) < 4.78 is 29.2. The van der Waals surface area contributed by atoms with E-state index in [0.29, 0.717) is 5.56 Å². The van der Waals surface area contributed by atoms with E-state index in [4.69, 9.17) is 37.0 Å². The molecular formula is C20H23Cl2O5P. The number of ether oxygens (including phenoxy) is 1. The number of carbonyl (C=O) groups excluding carboxylic acids is 1. The lowest BCUT2D eigenvalue weighted by Crippen LogP contribution is -2.19. The molecule has 8 heteroatoms. The standard InChI is InChI=1S/C20H23Cl2O5P/c21-11-13-26-28(24,27-14-12-22)16-15-25-20(18-9-5-2-6-10-18)19(23)17-7-3-1-4-8-17/h1-10,20H,11-16H2. The summed E-state index contributed by atoms with van der Waals surface area (Å²) in [4.78, 5) is 13.0. The van der Waals surface area contributed by atoms with Crippen LogP contribution in [0.5, 0.6) is 0 Å². The number of hydrogen-bond donors (Lipinski definition) is 0. The third-order valence-corrected chi connectivity index (χ3v) is 5.97. The Hall–Kier alpha value is -1.20. The number of hydrogen-bond acceptors (Lipinski definition) is 5. The Morgan fingerprint density at radius 1 is 0.857 bits per heavy atom. The van der Waals surface area contributed by atoms with Gasteiger partial charge in [0.25, 0.3) is 0 Å². The highest BCUT2D eigenvalue weighted by molar-refractivity contribution is 7.53. The van der Waals surface area contributed by atoms with Gasteiger partial charge in [-0.3, -0.25) is 9.36 Å². The van der Waals surface area contributed by atoms with Gasteiger partial charge in [-0.1, -0.05) is 60.7 Å². The Labute approximate surface area is 175 Å². The SMILES string of the molecule is O=C(c1ccccc1)C(OCCP(=O)(OCCCl)OCCCl)c1ccccc1. The first-order chi connectivity index (χ1) is 13.6. The van der Waals surface area contributed by atoms with Crippen molar-refractivity contribution in [1.29, 1.82) is 0 Å². The molecule has 5 nitrogen and oxygen atoms in total. The molecule has 0 fully saturated rings. The molecule has 2 aromatic carbocycles. The van der Waals surface area contributed by atoms with E-state index in [-0.39, 0.29) is 43.5 Å². The average Bonchev–Trinajstić information content (AvgIpc) is 2.75. The van der Waals surface area contributed by atoms with Gasteiger partial charge in [-0.25, -0.2) is 0 Å². The lowest BCUT2D eigenvalue weighted by molar-refractivity contribution is 0.0442. The topological polar surface area (TPSA) is 61.8 Å². The van der Waals surface area contributed by atoms with Crippen LogP contribution in [0.4, 0.5) is 0 Å². The zero-order chi connectivity index (χ0) is 20.2. The van der Waals surface area contributed by atoms with Crippen molar-refractivity contribution in [3.63, 3.8) is 0 Å². The Morgan fingerprint density at radius 2 is 1.39 bits per heavy atom. The lowest BCUT2D eigenvalue weighted by atomic mass is 10.00. The zero-order valence-corrected chi connectivity index (χ0v) is 17.7. The van der Waals surface area contributed by atoms with Gasteiger partial charge in [-0.15, -0.1) is 23.2 Å². The fourth-order valence-corrected chi connectivity index (χ4v) is 4.27. The van der Waals surface area contributed by atoms with Crippen LogP contribution in [-0.4, -0.2) is 43.5 Å². The average molecular weight is 445 g/mol. The summed E-state index contributed by atoms with van der Waals surface area (Å²) >= 11 is 11.2. The highest BCUT2D eigenvalue weighted by Crippen LogP contribution is 2.48. The quantitative estimate of drug-likeness (QED) is 0.237. The second kappa shape index (κ2) is 12.4. The van der Waals surface area contributed by atoms with Crippen molar-refractivity contribution in [3.8, 4) is 0 Å². The molecule has 0 aliphatic heterocycles. The van der Waals surface area contributed by atoms with Crippen LogP contribution in [-0.2, 0) is 18.3 Å². The molecule has 1 unspecified atom stereocenters. The molecule has 0 aromatic heterocycles. The van der Waals surface area contributed by atoms with E-state index in [2.05, 4.69) is 0 Å². The summed E-state index contributed by atoms with van der Waals surface area (Å²) in [6, 6.07) is 18.1. The number of Topliss-reactive ketones (excluding diaryl/α,β-unsaturated/α-hetero) is 1. The van der Waals surface area contributed by atoms with Gasteiger partial charge >= 0.3 is 7.60 Å². The fourth-order valence-electron chi connectivity index (χ4n) is 2.50. The van der Waals surface area contributed by atoms with Crippen molar-refractivity contribution in [3.05, 3.63) is 71.8 Å². The van der Waals surface area contributed by atoms with Crippen LogP contribution in [0, 0.1) is 0 Å². The normalized spacial score (nSPS) is 12.6. The molecule has 28 heavy (non-hydrogen) atoms. The van der Waals surface area contributed by atoms with Gasteiger partial charge in [0.2, 0.25) is 0 Å². The summed E-state index contributed by atoms with van der Waals surface area (Å²) in [5, 5.41) is 0. The molecule has 0 aliphatic carbocycles. The van der Waals surface area contributed by atoms with Crippen LogP contribution in [0.1, 0.15) is 22.0 Å². The molecule has 0 heterocycles. The number of benzene rings is 2. The maximum atomic E-state index is 13.0. The minimum Gasteiger partial charge on any atom is -0.365 e. The largest absolute Gasteiger partial charge is 0.365 e. The number of carbonyl (C=O) groups is 1. The van der Waals surface area contributed by atoms with Gasteiger partial charge < -0.3 is 13.8 Å². The van der Waals surface area contributed by atoms with Gasteiger partial charge in [0, 0.05) is 17.3 Å². The van der Waals surface area contributed by atoms with Crippen molar-refractivity contribution < 1.29 is 23.1 Å². The van der Waals surface area contributed by atoms with Crippen LogP contribution in [0.15, 0.2) is 60.7 Å². The smallest absolute Gasteiger partial charge is 0.333 e. The number of halogens is 2. The van der Waals surface area contributed by atoms with Crippen LogP contribution < -0.4 is 0 Å². The molecule has 2 rings (SSSR count). The highest BCUT2D eigenvalue weighted by atomic mass is 35.5. The lowest BCUT2D eigenvalue weighted by Gasteiger charge is -2.21. The molecule has 0 amide bonds. The minimum absolute atomic E-state index is 0.00776. The van der Waals surface area contributed by atoms with Gasteiger partial charge in [0.05, 0.1) is 26.0 Å². The third-order valence-electron chi connectivity index (χ3n) is 3.78. The summed E-state index contributed by atoms with van der Waals surface area (Å²) in [7, 11) is -3.41. The first-order valence-electron chi connectivity index (χ1n) is 8.85. The predicted octanol–water partition coefficient (Wildman–Crippen LogP) is 5.33. The van der Waals surface area contributed by atoms with Gasteiger partial charge in [0.1, 0.15) is 6.10 Å². The van der Waals surface area contributed by atoms with E-state index in [1.54, 1.807) is 24.3 Å². The Balaban J connectivity index is 2.10. The number of ketones is 1. The Kier molecular flexibility index (Phi) is 10.2. The minimum atomic E-state index is -3.41.